The van der Waals surface area contributed by atoms with Crippen molar-refractivity contribution in [3.63, 3.8) is 0 Å². The summed E-state index contributed by atoms with van der Waals surface area (Å²) in [5.41, 5.74) is 2.04. The van der Waals surface area contributed by atoms with Crippen LogP contribution in [0.3, 0.4) is 0 Å². The lowest BCUT2D eigenvalue weighted by Crippen LogP contribution is -2.28. The molecule has 0 aromatic heterocycles. The number of carboxylic acid groups (broad SMARTS) is 1. The minimum atomic E-state index is -0.753. The molecule has 0 aliphatic heterocycles. The maximum atomic E-state index is 11.2. The maximum Gasteiger partial charge on any atom is 0.312 e. The fraction of sp³-hybridized carbons (Fsp3) is 0.462. The first kappa shape index (κ1) is 11.1. The SMILES string of the molecule is Cc1ccc(C(CNC2CC2)C(=O)O)cc1. The van der Waals surface area contributed by atoms with E-state index in [0.717, 1.165) is 11.1 Å². The Hall–Kier alpha value is -1.35. The molecule has 1 fully saturated rings. The molecule has 1 aromatic rings. The highest BCUT2D eigenvalue weighted by atomic mass is 16.4. The highest BCUT2D eigenvalue weighted by Gasteiger charge is 2.25. The van der Waals surface area contributed by atoms with Crippen LogP contribution in [-0.2, 0) is 4.79 Å². The molecule has 0 spiro atoms. The van der Waals surface area contributed by atoms with E-state index in [-0.39, 0.29) is 0 Å². The minimum Gasteiger partial charge on any atom is -0.481 e. The highest BCUT2D eigenvalue weighted by Crippen LogP contribution is 2.21. The van der Waals surface area contributed by atoms with Crippen molar-refractivity contribution in [1.29, 1.82) is 0 Å². The van der Waals surface area contributed by atoms with Crippen molar-refractivity contribution in [3.8, 4) is 0 Å². The fourth-order valence-corrected chi connectivity index (χ4v) is 1.72. The highest BCUT2D eigenvalue weighted by molar-refractivity contribution is 5.76. The molecule has 0 saturated heterocycles. The number of aryl methyl sites for hydroxylation is 1. The molecule has 1 unspecified atom stereocenters. The molecule has 3 nitrogen and oxygen atoms in total. The lowest BCUT2D eigenvalue weighted by atomic mass is 9.98. The molecular formula is C13H17NO2. The van der Waals surface area contributed by atoms with Crippen molar-refractivity contribution in [2.24, 2.45) is 0 Å². The van der Waals surface area contributed by atoms with E-state index in [2.05, 4.69) is 5.32 Å². The van der Waals surface area contributed by atoms with Gasteiger partial charge in [-0.2, -0.15) is 0 Å². The topological polar surface area (TPSA) is 49.3 Å². The van der Waals surface area contributed by atoms with Gasteiger partial charge in [-0.1, -0.05) is 29.8 Å². The zero-order valence-electron chi connectivity index (χ0n) is 9.44. The molecule has 1 aliphatic carbocycles. The second-order valence-electron chi connectivity index (χ2n) is 4.48. The number of carboxylic acids is 1. The number of hydrogen-bond donors (Lipinski definition) is 2. The molecule has 86 valence electrons. The summed E-state index contributed by atoms with van der Waals surface area (Å²) < 4.78 is 0. The fourth-order valence-electron chi connectivity index (χ4n) is 1.72. The van der Waals surface area contributed by atoms with Gasteiger partial charge in [0.15, 0.2) is 0 Å². The number of nitrogens with one attached hydrogen (secondary N) is 1. The van der Waals surface area contributed by atoms with Crippen LogP contribution in [0.2, 0.25) is 0 Å². The van der Waals surface area contributed by atoms with Crippen LogP contribution < -0.4 is 5.32 Å². The van der Waals surface area contributed by atoms with Crippen LogP contribution in [0.5, 0.6) is 0 Å². The normalized spacial score (nSPS) is 17.1. The summed E-state index contributed by atoms with van der Waals surface area (Å²) in [4.78, 5) is 11.2. The lowest BCUT2D eigenvalue weighted by molar-refractivity contribution is -0.138. The number of rotatable bonds is 5. The Bertz CT molecular complexity index is 368. The molecule has 2 N–H and O–H groups in total. The quantitative estimate of drug-likeness (QED) is 0.795. The van der Waals surface area contributed by atoms with Gasteiger partial charge in [-0.05, 0) is 25.3 Å². The van der Waals surface area contributed by atoms with Crippen LogP contribution >= 0.6 is 0 Å². The van der Waals surface area contributed by atoms with E-state index in [1.807, 2.05) is 31.2 Å². The zero-order valence-corrected chi connectivity index (χ0v) is 9.44. The summed E-state index contributed by atoms with van der Waals surface area (Å²) in [5, 5.41) is 12.5. The number of carbonyl (C=O) groups is 1. The molecule has 0 bridgehead atoms. The third-order valence-corrected chi connectivity index (χ3v) is 2.97. The number of benzene rings is 1. The van der Waals surface area contributed by atoms with Gasteiger partial charge in [0, 0.05) is 12.6 Å². The van der Waals surface area contributed by atoms with Crippen LogP contribution in [0.15, 0.2) is 24.3 Å². The van der Waals surface area contributed by atoms with Crippen LogP contribution in [0.25, 0.3) is 0 Å². The summed E-state index contributed by atoms with van der Waals surface area (Å²) in [6.45, 7) is 2.53. The standard InChI is InChI=1S/C13H17NO2/c1-9-2-4-10(5-3-9)12(13(15)16)8-14-11-6-7-11/h2-5,11-12,14H,6-8H2,1H3,(H,15,16). The van der Waals surface area contributed by atoms with Crippen LogP contribution in [0.4, 0.5) is 0 Å². The summed E-state index contributed by atoms with van der Waals surface area (Å²) in [6.07, 6.45) is 2.36. The zero-order chi connectivity index (χ0) is 11.5. The van der Waals surface area contributed by atoms with E-state index in [1.54, 1.807) is 0 Å². The molecule has 0 radical (unpaired) electrons. The first-order chi connectivity index (χ1) is 7.66. The Kier molecular flexibility index (Phi) is 3.25. The molecular weight excluding hydrogens is 202 g/mol. The van der Waals surface area contributed by atoms with Gasteiger partial charge in [-0.15, -0.1) is 0 Å². The summed E-state index contributed by atoms with van der Waals surface area (Å²) >= 11 is 0. The molecule has 3 heteroatoms. The van der Waals surface area contributed by atoms with E-state index in [1.165, 1.54) is 12.8 Å². The van der Waals surface area contributed by atoms with E-state index in [0.29, 0.717) is 12.6 Å². The second kappa shape index (κ2) is 4.66. The molecule has 1 atom stereocenters. The van der Waals surface area contributed by atoms with Gasteiger partial charge in [0.05, 0.1) is 5.92 Å². The molecule has 0 heterocycles. The van der Waals surface area contributed by atoms with Gasteiger partial charge in [0.25, 0.3) is 0 Å². The Morgan fingerprint density at radius 1 is 1.44 bits per heavy atom. The Morgan fingerprint density at radius 2 is 2.06 bits per heavy atom. The molecule has 1 aliphatic rings. The average molecular weight is 219 g/mol. The van der Waals surface area contributed by atoms with E-state index < -0.39 is 11.9 Å². The van der Waals surface area contributed by atoms with Gasteiger partial charge in [0.1, 0.15) is 0 Å². The Morgan fingerprint density at radius 3 is 2.56 bits per heavy atom. The molecule has 16 heavy (non-hydrogen) atoms. The first-order valence-electron chi connectivity index (χ1n) is 5.69. The minimum absolute atomic E-state index is 0.429. The van der Waals surface area contributed by atoms with Crippen molar-refractivity contribution in [3.05, 3.63) is 35.4 Å². The van der Waals surface area contributed by atoms with Crippen molar-refractivity contribution in [2.75, 3.05) is 6.54 Å². The number of aliphatic carboxylic acids is 1. The van der Waals surface area contributed by atoms with Crippen molar-refractivity contribution in [1.82, 2.24) is 5.32 Å². The monoisotopic (exact) mass is 219 g/mol. The maximum absolute atomic E-state index is 11.2. The third-order valence-electron chi connectivity index (χ3n) is 2.97. The van der Waals surface area contributed by atoms with E-state index in [4.69, 9.17) is 0 Å². The van der Waals surface area contributed by atoms with E-state index in [9.17, 15) is 9.90 Å². The predicted octanol–water partition coefficient (Wildman–Crippen LogP) is 1.92. The van der Waals surface area contributed by atoms with Gasteiger partial charge in [0.2, 0.25) is 0 Å². The Balaban J connectivity index is 2.04. The summed E-state index contributed by atoms with van der Waals surface area (Å²) in [7, 11) is 0. The second-order valence-corrected chi connectivity index (χ2v) is 4.48. The van der Waals surface area contributed by atoms with Crippen LogP contribution in [-0.4, -0.2) is 23.7 Å². The Labute approximate surface area is 95.5 Å². The smallest absolute Gasteiger partial charge is 0.312 e. The average Bonchev–Trinajstić information content (AvgIpc) is 3.04. The third kappa shape index (κ3) is 2.83. The molecule has 1 aromatic carbocycles. The van der Waals surface area contributed by atoms with Gasteiger partial charge in [-0.3, -0.25) is 4.79 Å². The first-order valence-corrected chi connectivity index (χ1v) is 5.69. The predicted molar refractivity (Wildman–Crippen MR) is 62.6 cm³/mol. The summed E-state index contributed by atoms with van der Waals surface area (Å²) in [5.74, 6) is -1.18. The van der Waals surface area contributed by atoms with Gasteiger partial charge in [-0.25, -0.2) is 0 Å². The summed E-state index contributed by atoms with van der Waals surface area (Å²) in [6, 6.07) is 8.28. The van der Waals surface area contributed by atoms with Crippen molar-refractivity contribution in [2.45, 2.75) is 31.7 Å². The van der Waals surface area contributed by atoms with Crippen LogP contribution in [0.1, 0.15) is 29.9 Å². The van der Waals surface area contributed by atoms with Crippen LogP contribution in [0, 0.1) is 6.92 Å². The molecule has 1 saturated carbocycles. The number of hydrogen-bond acceptors (Lipinski definition) is 2. The molecule has 2 rings (SSSR count). The molecule has 0 amide bonds. The van der Waals surface area contributed by atoms with Crippen molar-refractivity contribution < 1.29 is 9.90 Å². The van der Waals surface area contributed by atoms with Crippen molar-refractivity contribution >= 4 is 5.97 Å². The largest absolute Gasteiger partial charge is 0.481 e. The van der Waals surface area contributed by atoms with E-state index >= 15 is 0 Å². The van der Waals surface area contributed by atoms with Gasteiger partial charge >= 0.3 is 5.97 Å². The lowest BCUT2D eigenvalue weighted by Gasteiger charge is -2.13. The van der Waals surface area contributed by atoms with Gasteiger partial charge < -0.3 is 10.4 Å².